The Morgan fingerprint density at radius 1 is 1.04 bits per heavy atom. The van der Waals surface area contributed by atoms with Gasteiger partial charge in [0.2, 0.25) is 5.91 Å². The van der Waals surface area contributed by atoms with Crippen LogP contribution in [0.4, 0.5) is 0 Å². The number of methoxy groups -OCH3 is 1. The quantitative estimate of drug-likeness (QED) is 0.500. The van der Waals surface area contributed by atoms with Crippen molar-refractivity contribution in [3.63, 3.8) is 0 Å². The predicted octanol–water partition coefficient (Wildman–Crippen LogP) is 3.64. The monoisotopic (exact) mass is 319 g/mol. The van der Waals surface area contributed by atoms with Gasteiger partial charge in [-0.15, -0.1) is 0 Å². The summed E-state index contributed by atoms with van der Waals surface area (Å²) in [5.74, 6) is -0.502. The molecule has 0 saturated carbocycles. The molecule has 23 heavy (non-hydrogen) atoms. The van der Waals surface area contributed by atoms with Gasteiger partial charge < -0.3 is 10.1 Å². The van der Waals surface area contributed by atoms with Crippen LogP contribution in [0.15, 0.2) is 30.3 Å². The summed E-state index contributed by atoms with van der Waals surface area (Å²) < 4.78 is 4.81. The number of hydrogen-bond donors (Lipinski definition) is 1. The lowest BCUT2D eigenvalue weighted by atomic mass is 10.0. The number of hydrogen-bond acceptors (Lipinski definition) is 3. The minimum Gasteiger partial charge on any atom is -0.467 e. The second-order valence-electron chi connectivity index (χ2n) is 5.86. The van der Waals surface area contributed by atoms with Crippen LogP contribution < -0.4 is 5.32 Å². The van der Waals surface area contributed by atoms with Crippen molar-refractivity contribution in [2.24, 2.45) is 0 Å². The lowest BCUT2D eigenvalue weighted by Gasteiger charge is -2.16. The molecular weight excluding hydrogens is 290 g/mol. The van der Waals surface area contributed by atoms with E-state index in [1.165, 1.54) is 32.8 Å². The predicted molar refractivity (Wildman–Crippen MR) is 92.1 cm³/mol. The highest BCUT2D eigenvalue weighted by Gasteiger charge is 2.20. The van der Waals surface area contributed by atoms with Gasteiger partial charge in [-0.2, -0.15) is 0 Å². The van der Waals surface area contributed by atoms with Crippen LogP contribution in [0.1, 0.15) is 57.4 Å². The van der Waals surface area contributed by atoms with Crippen LogP contribution in [-0.4, -0.2) is 25.0 Å². The fourth-order valence-corrected chi connectivity index (χ4v) is 2.55. The van der Waals surface area contributed by atoms with E-state index < -0.39 is 6.04 Å². The van der Waals surface area contributed by atoms with Crippen molar-refractivity contribution in [3.05, 3.63) is 35.9 Å². The third-order valence-electron chi connectivity index (χ3n) is 3.87. The number of unbranched alkanes of at least 4 members (excludes halogenated alkanes) is 5. The molecule has 0 fully saturated rings. The van der Waals surface area contributed by atoms with E-state index in [0.717, 1.165) is 18.4 Å². The summed E-state index contributed by atoms with van der Waals surface area (Å²) in [6.07, 6.45) is 7.83. The molecule has 0 unspecified atom stereocenters. The van der Waals surface area contributed by atoms with E-state index in [0.29, 0.717) is 6.42 Å². The maximum atomic E-state index is 12.1. The number of benzene rings is 1. The molecule has 0 aliphatic carbocycles. The average Bonchev–Trinajstić information content (AvgIpc) is 2.57. The van der Waals surface area contributed by atoms with Crippen LogP contribution in [0, 0.1) is 0 Å². The van der Waals surface area contributed by atoms with E-state index in [2.05, 4.69) is 12.2 Å². The molecule has 1 amide bonds. The minimum absolute atomic E-state index is 0.141. The van der Waals surface area contributed by atoms with Gasteiger partial charge in [-0.3, -0.25) is 4.79 Å². The van der Waals surface area contributed by atoms with Gasteiger partial charge in [0.15, 0.2) is 0 Å². The fraction of sp³-hybridized carbons (Fsp3) is 0.579. The Hall–Kier alpha value is -1.84. The molecule has 128 valence electrons. The maximum absolute atomic E-state index is 12.1. The Balaban J connectivity index is 2.38. The number of nitrogens with one attached hydrogen (secondary N) is 1. The molecule has 1 aromatic carbocycles. The van der Waals surface area contributed by atoms with Crippen LogP contribution in [-0.2, 0) is 20.7 Å². The Morgan fingerprint density at radius 2 is 1.70 bits per heavy atom. The molecule has 4 heteroatoms. The van der Waals surface area contributed by atoms with Crippen molar-refractivity contribution in [2.45, 2.75) is 64.3 Å². The van der Waals surface area contributed by atoms with Crippen LogP contribution in [0.5, 0.6) is 0 Å². The zero-order valence-electron chi connectivity index (χ0n) is 14.3. The Kier molecular flexibility index (Phi) is 9.76. The van der Waals surface area contributed by atoms with E-state index in [1.807, 2.05) is 30.3 Å². The molecule has 0 aliphatic rings. The molecule has 1 aromatic rings. The number of carbonyl (C=O) groups excluding carboxylic acids is 2. The number of carbonyl (C=O) groups is 2. The van der Waals surface area contributed by atoms with E-state index in [4.69, 9.17) is 4.74 Å². The van der Waals surface area contributed by atoms with Crippen molar-refractivity contribution in [2.75, 3.05) is 7.11 Å². The Labute approximate surface area is 139 Å². The van der Waals surface area contributed by atoms with Gasteiger partial charge in [0.1, 0.15) is 6.04 Å². The summed E-state index contributed by atoms with van der Waals surface area (Å²) in [6, 6.07) is 8.98. The Morgan fingerprint density at radius 3 is 2.35 bits per heavy atom. The van der Waals surface area contributed by atoms with Gasteiger partial charge in [-0.05, 0) is 12.0 Å². The molecule has 1 rings (SSSR count). The van der Waals surface area contributed by atoms with E-state index in [9.17, 15) is 9.59 Å². The molecule has 4 nitrogen and oxygen atoms in total. The lowest BCUT2D eigenvalue weighted by Crippen LogP contribution is -2.42. The molecule has 0 aromatic heterocycles. The Bertz CT molecular complexity index is 459. The zero-order valence-corrected chi connectivity index (χ0v) is 14.3. The van der Waals surface area contributed by atoms with Crippen LogP contribution in [0.3, 0.4) is 0 Å². The fourth-order valence-electron chi connectivity index (χ4n) is 2.55. The highest BCUT2D eigenvalue weighted by molar-refractivity contribution is 5.85. The SMILES string of the molecule is CCCCCCCC[C@@H](NC(=O)Cc1ccccc1)C(=O)OC. The van der Waals surface area contributed by atoms with Gasteiger partial charge in [0.25, 0.3) is 0 Å². The summed E-state index contributed by atoms with van der Waals surface area (Å²) in [5.41, 5.74) is 0.938. The maximum Gasteiger partial charge on any atom is 0.328 e. The lowest BCUT2D eigenvalue weighted by molar-refractivity contribution is -0.145. The normalized spacial score (nSPS) is 11.7. The molecule has 1 atom stereocenters. The van der Waals surface area contributed by atoms with Gasteiger partial charge in [-0.25, -0.2) is 4.79 Å². The van der Waals surface area contributed by atoms with E-state index in [-0.39, 0.29) is 18.3 Å². The first-order valence-electron chi connectivity index (χ1n) is 8.58. The van der Waals surface area contributed by atoms with Crippen LogP contribution in [0.2, 0.25) is 0 Å². The topological polar surface area (TPSA) is 55.4 Å². The van der Waals surface area contributed by atoms with Gasteiger partial charge >= 0.3 is 5.97 Å². The molecule has 0 heterocycles. The molecular formula is C19H29NO3. The number of amides is 1. The first-order valence-corrected chi connectivity index (χ1v) is 8.58. The van der Waals surface area contributed by atoms with Crippen molar-refractivity contribution in [3.8, 4) is 0 Å². The van der Waals surface area contributed by atoms with Crippen molar-refractivity contribution in [1.29, 1.82) is 0 Å². The summed E-state index contributed by atoms with van der Waals surface area (Å²) in [4.78, 5) is 23.9. The van der Waals surface area contributed by atoms with Crippen LogP contribution in [0.25, 0.3) is 0 Å². The third-order valence-corrected chi connectivity index (χ3v) is 3.87. The highest BCUT2D eigenvalue weighted by Crippen LogP contribution is 2.10. The molecule has 0 radical (unpaired) electrons. The number of ether oxygens (including phenoxy) is 1. The zero-order chi connectivity index (χ0) is 16.9. The summed E-state index contributed by atoms with van der Waals surface area (Å²) in [5, 5.41) is 2.80. The largest absolute Gasteiger partial charge is 0.467 e. The second-order valence-corrected chi connectivity index (χ2v) is 5.86. The first kappa shape index (κ1) is 19.2. The van der Waals surface area contributed by atoms with Crippen molar-refractivity contribution >= 4 is 11.9 Å². The summed E-state index contributed by atoms with van der Waals surface area (Å²) in [6.45, 7) is 2.19. The standard InChI is InChI=1S/C19H29NO3/c1-3-4-5-6-7-11-14-17(19(22)23-2)20-18(21)15-16-12-9-8-10-13-16/h8-10,12-13,17H,3-7,11,14-15H2,1-2H3,(H,20,21)/t17-/m1/s1. The van der Waals surface area contributed by atoms with Gasteiger partial charge in [0.05, 0.1) is 13.5 Å². The molecule has 0 spiro atoms. The smallest absolute Gasteiger partial charge is 0.328 e. The first-order chi connectivity index (χ1) is 11.2. The number of rotatable bonds is 11. The molecule has 0 aliphatic heterocycles. The van der Waals surface area contributed by atoms with Crippen molar-refractivity contribution in [1.82, 2.24) is 5.32 Å². The molecule has 0 saturated heterocycles. The van der Waals surface area contributed by atoms with Gasteiger partial charge in [0, 0.05) is 0 Å². The molecule has 0 bridgehead atoms. The van der Waals surface area contributed by atoms with Crippen LogP contribution >= 0.6 is 0 Å². The van der Waals surface area contributed by atoms with E-state index in [1.54, 1.807) is 0 Å². The average molecular weight is 319 g/mol. The number of esters is 1. The second kappa shape index (κ2) is 11.7. The summed E-state index contributed by atoms with van der Waals surface area (Å²) in [7, 11) is 1.36. The highest BCUT2D eigenvalue weighted by atomic mass is 16.5. The van der Waals surface area contributed by atoms with E-state index >= 15 is 0 Å². The molecule has 1 N–H and O–H groups in total. The minimum atomic E-state index is -0.539. The summed E-state index contributed by atoms with van der Waals surface area (Å²) >= 11 is 0. The third kappa shape index (κ3) is 8.38. The van der Waals surface area contributed by atoms with Gasteiger partial charge in [-0.1, -0.05) is 75.8 Å². The van der Waals surface area contributed by atoms with Crippen molar-refractivity contribution < 1.29 is 14.3 Å².